The van der Waals surface area contributed by atoms with Crippen LogP contribution in [0.15, 0.2) is 46.9 Å². The first-order valence-electron chi connectivity index (χ1n) is 7.49. The summed E-state index contributed by atoms with van der Waals surface area (Å²) in [6, 6.07) is 11.0. The summed E-state index contributed by atoms with van der Waals surface area (Å²) < 4.78 is 4.95. The molecular weight excluding hydrogens is 312 g/mol. The van der Waals surface area contributed by atoms with Gasteiger partial charge in [-0.1, -0.05) is 18.2 Å². The Balaban J connectivity index is 1.73. The van der Waals surface area contributed by atoms with Crippen molar-refractivity contribution in [2.45, 2.75) is 25.4 Å². The van der Waals surface area contributed by atoms with Crippen LogP contribution < -0.4 is 10.2 Å². The molecular formula is C17H16N2O5. The van der Waals surface area contributed by atoms with E-state index in [0.29, 0.717) is 6.42 Å². The van der Waals surface area contributed by atoms with Crippen LogP contribution >= 0.6 is 0 Å². The number of rotatable bonds is 4. The lowest BCUT2D eigenvalue weighted by Gasteiger charge is -2.21. The second kappa shape index (κ2) is 6.19. The standard InChI is InChI=1S/C17H16N2O5/c1-10-9-12(16(21)19(10)11-5-3-2-4-6-11)18-15(20)13-7-8-14(24-13)17(22)23/h2-8,10,12H,9H2,1H3,(H,18,20)(H,22,23). The van der Waals surface area contributed by atoms with E-state index in [1.165, 1.54) is 12.1 Å². The molecule has 7 heteroatoms. The Morgan fingerprint density at radius 3 is 2.46 bits per heavy atom. The van der Waals surface area contributed by atoms with E-state index >= 15 is 0 Å². The average molecular weight is 328 g/mol. The molecule has 24 heavy (non-hydrogen) atoms. The fourth-order valence-electron chi connectivity index (χ4n) is 2.83. The summed E-state index contributed by atoms with van der Waals surface area (Å²) in [6.45, 7) is 1.91. The number of benzene rings is 1. The molecule has 0 bridgehead atoms. The van der Waals surface area contributed by atoms with E-state index in [9.17, 15) is 14.4 Å². The largest absolute Gasteiger partial charge is 0.475 e. The Morgan fingerprint density at radius 2 is 1.83 bits per heavy atom. The monoisotopic (exact) mass is 328 g/mol. The third-order valence-corrected chi connectivity index (χ3v) is 3.93. The molecule has 2 atom stereocenters. The predicted octanol–water partition coefficient (Wildman–Crippen LogP) is 1.90. The van der Waals surface area contributed by atoms with E-state index in [4.69, 9.17) is 9.52 Å². The zero-order valence-corrected chi connectivity index (χ0v) is 12.9. The minimum absolute atomic E-state index is 0.0589. The molecule has 0 saturated carbocycles. The van der Waals surface area contributed by atoms with Gasteiger partial charge in [0.2, 0.25) is 11.7 Å². The van der Waals surface area contributed by atoms with Gasteiger partial charge in [0.25, 0.3) is 5.91 Å². The molecule has 2 unspecified atom stereocenters. The van der Waals surface area contributed by atoms with E-state index < -0.39 is 17.9 Å². The van der Waals surface area contributed by atoms with Gasteiger partial charge < -0.3 is 19.7 Å². The molecule has 2 N–H and O–H groups in total. The van der Waals surface area contributed by atoms with Crippen LogP contribution in [0.25, 0.3) is 0 Å². The lowest BCUT2D eigenvalue weighted by Crippen LogP contribution is -2.41. The minimum atomic E-state index is -1.25. The van der Waals surface area contributed by atoms with Gasteiger partial charge in [-0.3, -0.25) is 9.59 Å². The van der Waals surface area contributed by atoms with Gasteiger partial charge in [-0.2, -0.15) is 0 Å². The summed E-state index contributed by atoms with van der Waals surface area (Å²) >= 11 is 0. The van der Waals surface area contributed by atoms with Crippen molar-refractivity contribution < 1.29 is 23.9 Å². The van der Waals surface area contributed by atoms with Crippen LogP contribution in [-0.2, 0) is 4.79 Å². The number of hydrogen-bond donors (Lipinski definition) is 2. The summed E-state index contributed by atoms with van der Waals surface area (Å²) in [6.07, 6.45) is 0.464. The number of aromatic carboxylic acids is 1. The van der Waals surface area contributed by atoms with E-state index in [1.807, 2.05) is 37.3 Å². The topological polar surface area (TPSA) is 99.9 Å². The molecule has 0 radical (unpaired) electrons. The highest BCUT2D eigenvalue weighted by atomic mass is 16.4. The van der Waals surface area contributed by atoms with Crippen molar-refractivity contribution in [2.24, 2.45) is 0 Å². The second-order valence-corrected chi connectivity index (χ2v) is 5.62. The zero-order chi connectivity index (χ0) is 17.3. The number of carboxylic acids is 1. The first-order valence-corrected chi connectivity index (χ1v) is 7.49. The number of anilines is 1. The summed E-state index contributed by atoms with van der Waals surface area (Å²) in [4.78, 5) is 37.2. The number of carboxylic acid groups (broad SMARTS) is 1. The number of hydrogen-bond acceptors (Lipinski definition) is 4. The Morgan fingerprint density at radius 1 is 1.17 bits per heavy atom. The lowest BCUT2D eigenvalue weighted by molar-refractivity contribution is -0.118. The SMILES string of the molecule is CC1CC(NC(=O)c2ccc(C(=O)O)o2)C(=O)N1c1ccccc1. The van der Waals surface area contributed by atoms with Crippen LogP contribution in [0.1, 0.15) is 34.5 Å². The van der Waals surface area contributed by atoms with Crippen molar-refractivity contribution >= 4 is 23.5 Å². The van der Waals surface area contributed by atoms with Crippen molar-refractivity contribution in [1.29, 1.82) is 0 Å². The van der Waals surface area contributed by atoms with Crippen LogP contribution in [0.4, 0.5) is 5.69 Å². The fourth-order valence-corrected chi connectivity index (χ4v) is 2.83. The summed E-state index contributed by atoms with van der Waals surface area (Å²) in [7, 11) is 0. The van der Waals surface area contributed by atoms with Crippen molar-refractivity contribution in [3.05, 3.63) is 54.0 Å². The molecule has 1 fully saturated rings. The molecule has 1 aromatic heterocycles. The molecule has 2 amide bonds. The molecule has 1 aliphatic rings. The third kappa shape index (κ3) is 2.88. The number of amides is 2. The van der Waals surface area contributed by atoms with Crippen molar-refractivity contribution in [2.75, 3.05) is 4.90 Å². The van der Waals surface area contributed by atoms with Crippen molar-refractivity contribution in [3.63, 3.8) is 0 Å². The van der Waals surface area contributed by atoms with Gasteiger partial charge in [0.15, 0.2) is 5.76 Å². The highest BCUT2D eigenvalue weighted by Crippen LogP contribution is 2.26. The first-order chi connectivity index (χ1) is 11.5. The molecule has 0 spiro atoms. The maximum absolute atomic E-state index is 12.6. The Labute approximate surface area is 137 Å². The van der Waals surface area contributed by atoms with Gasteiger partial charge in [0.05, 0.1) is 0 Å². The molecule has 1 aliphatic heterocycles. The fraction of sp³-hybridized carbons (Fsp3) is 0.235. The minimum Gasteiger partial charge on any atom is -0.475 e. The second-order valence-electron chi connectivity index (χ2n) is 5.62. The molecule has 124 valence electrons. The van der Waals surface area contributed by atoms with Crippen LogP contribution in [-0.4, -0.2) is 35.0 Å². The van der Waals surface area contributed by atoms with Gasteiger partial charge in [0, 0.05) is 11.7 Å². The maximum Gasteiger partial charge on any atom is 0.371 e. The normalized spacial score (nSPS) is 20.2. The van der Waals surface area contributed by atoms with Crippen LogP contribution in [0.5, 0.6) is 0 Å². The van der Waals surface area contributed by atoms with Gasteiger partial charge in [0.1, 0.15) is 6.04 Å². The highest BCUT2D eigenvalue weighted by molar-refractivity contribution is 6.04. The Bertz CT molecular complexity index is 783. The molecule has 1 saturated heterocycles. The summed E-state index contributed by atoms with van der Waals surface area (Å²) in [5.41, 5.74) is 0.776. The van der Waals surface area contributed by atoms with Crippen molar-refractivity contribution in [3.8, 4) is 0 Å². The molecule has 2 heterocycles. The molecule has 0 aliphatic carbocycles. The van der Waals surface area contributed by atoms with Gasteiger partial charge in [-0.05, 0) is 37.6 Å². The van der Waals surface area contributed by atoms with E-state index in [1.54, 1.807) is 4.90 Å². The quantitative estimate of drug-likeness (QED) is 0.893. The number of nitrogens with zero attached hydrogens (tertiary/aromatic N) is 1. The van der Waals surface area contributed by atoms with E-state index in [-0.39, 0.29) is 23.5 Å². The number of para-hydroxylation sites is 1. The summed E-state index contributed by atoms with van der Waals surface area (Å²) in [5.74, 6) is -2.52. The number of nitrogens with one attached hydrogen (secondary N) is 1. The molecule has 3 rings (SSSR count). The molecule has 2 aromatic rings. The maximum atomic E-state index is 12.6. The van der Waals surface area contributed by atoms with Gasteiger partial charge in [-0.15, -0.1) is 0 Å². The molecule has 1 aromatic carbocycles. The average Bonchev–Trinajstić information content (AvgIpc) is 3.14. The van der Waals surface area contributed by atoms with Crippen LogP contribution in [0.3, 0.4) is 0 Å². The lowest BCUT2D eigenvalue weighted by atomic mass is 10.2. The third-order valence-electron chi connectivity index (χ3n) is 3.93. The van der Waals surface area contributed by atoms with Crippen molar-refractivity contribution in [1.82, 2.24) is 5.32 Å². The number of carbonyl (C=O) groups excluding carboxylic acids is 2. The van der Waals surface area contributed by atoms with Crippen LogP contribution in [0.2, 0.25) is 0 Å². The molecule has 7 nitrogen and oxygen atoms in total. The number of carbonyl (C=O) groups is 3. The zero-order valence-electron chi connectivity index (χ0n) is 12.9. The Hall–Kier alpha value is -3.09. The van der Waals surface area contributed by atoms with E-state index in [0.717, 1.165) is 5.69 Å². The summed E-state index contributed by atoms with van der Waals surface area (Å²) in [5, 5.41) is 11.4. The van der Waals surface area contributed by atoms with Gasteiger partial charge >= 0.3 is 5.97 Å². The number of furan rings is 1. The predicted molar refractivity (Wildman–Crippen MR) is 84.9 cm³/mol. The van der Waals surface area contributed by atoms with E-state index in [2.05, 4.69) is 5.32 Å². The Kier molecular flexibility index (Phi) is 4.07. The first kappa shape index (κ1) is 15.8. The van der Waals surface area contributed by atoms with Gasteiger partial charge in [-0.25, -0.2) is 4.79 Å². The highest BCUT2D eigenvalue weighted by Gasteiger charge is 2.39. The smallest absolute Gasteiger partial charge is 0.371 e. The van der Waals surface area contributed by atoms with Crippen LogP contribution in [0, 0.1) is 0 Å².